The summed E-state index contributed by atoms with van der Waals surface area (Å²) < 4.78 is 47.7. The third kappa shape index (κ3) is 6.67. The molecule has 2 N–H and O–H groups in total. The monoisotopic (exact) mass is 517 g/mol. The summed E-state index contributed by atoms with van der Waals surface area (Å²) in [6, 6.07) is 8.50. The van der Waals surface area contributed by atoms with Gasteiger partial charge in [0.2, 0.25) is 5.88 Å². The van der Waals surface area contributed by atoms with Gasteiger partial charge < -0.3 is 15.4 Å². The summed E-state index contributed by atoms with van der Waals surface area (Å²) in [5.74, 6) is 0.425. The number of piperidine rings is 1. The minimum Gasteiger partial charge on any atom is -0.474 e. The van der Waals surface area contributed by atoms with Crippen LogP contribution in [0.1, 0.15) is 34.5 Å². The van der Waals surface area contributed by atoms with E-state index in [2.05, 4.69) is 25.0 Å². The van der Waals surface area contributed by atoms with E-state index in [1.54, 1.807) is 31.2 Å². The summed E-state index contributed by atoms with van der Waals surface area (Å²) in [5, 5.41) is 15.2. The topological polar surface area (TPSA) is 116 Å². The number of aryl methyl sites for hydroxylation is 1. The van der Waals surface area contributed by atoms with Gasteiger partial charge in [-0.2, -0.15) is 22.8 Å². The molecule has 0 bridgehead atoms. The van der Waals surface area contributed by atoms with Gasteiger partial charge >= 0.3 is 6.18 Å². The second kappa shape index (κ2) is 10.9. The quantitative estimate of drug-likeness (QED) is 0.470. The average molecular weight is 518 g/mol. The number of anilines is 3. The number of nitrogens with one attached hydrogen (secondary N) is 2. The molecule has 0 aromatic carbocycles. The smallest absolute Gasteiger partial charge is 0.401 e. The molecule has 1 saturated heterocycles. The van der Waals surface area contributed by atoms with Crippen LogP contribution in [0.25, 0.3) is 0 Å². The van der Waals surface area contributed by atoms with Gasteiger partial charge in [-0.25, -0.2) is 9.97 Å². The summed E-state index contributed by atoms with van der Waals surface area (Å²) in [7, 11) is 0. The molecule has 36 heavy (non-hydrogen) atoms. The number of alkyl halides is 3. The molecule has 3 aromatic heterocycles. The summed E-state index contributed by atoms with van der Waals surface area (Å²) in [6.07, 6.45) is -0.584. The Morgan fingerprint density at radius 3 is 2.61 bits per heavy atom. The van der Waals surface area contributed by atoms with Crippen LogP contribution in [0.5, 0.6) is 5.88 Å². The molecular weight excluding hydrogens is 495 g/mol. The SMILES string of the molecule is Cc1nsc(Nc2ccc(C#N)cn2)c1C(=O)Nc1ccc(OC2CCN(CC(F)(F)F)CC2)nc1. The average Bonchev–Trinajstić information content (AvgIpc) is 3.21. The number of hydrogen-bond donors (Lipinski definition) is 2. The van der Waals surface area contributed by atoms with Crippen molar-refractivity contribution >= 4 is 33.9 Å². The summed E-state index contributed by atoms with van der Waals surface area (Å²) in [6.45, 7) is 1.42. The van der Waals surface area contributed by atoms with E-state index >= 15 is 0 Å². The number of ether oxygens (including phenoxy) is 1. The van der Waals surface area contributed by atoms with E-state index in [9.17, 15) is 18.0 Å². The zero-order chi connectivity index (χ0) is 25.7. The maximum Gasteiger partial charge on any atom is 0.401 e. The van der Waals surface area contributed by atoms with Crippen LogP contribution in [0, 0.1) is 18.3 Å². The van der Waals surface area contributed by atoms with Crippen LogP contribution in [0.15, 0.2) is 36.7 Å². The van der Waals surface area contributed by atoms with Gasteiger partial charge in [-0.15, -0.1) is 0 Å². The van der Waals surface area contributed by atoms with E-state index in [0.29, 0.717) is 65.1 Å². The number of carbonyl (C=O) groups is 1. The largest absolute Gasteiger partial charge is 0.474 e. The molecule has 13 heteroatoms. The number of rotatable bonds is 7. The fourth-order valence-electron chi connectivity index (χ4n) is 3.70. The van der Waals surface area contributed by atoms with Crippen molar-refractivity contribution in [3.05, 3.63) is 53.5 Å². The van der Waals surface area contributed by atoms with Crippen molar-refractivity contribution in [3.8, 4) is 11.9 Å². The van der Waals surface area contributed by atoms with Crippen LogP contribution >= 0.6 is 11.5 Å². The molecule has 3 aromatic rings. The van der Waals surface area contributed by atoms with Gasteiger partial charge in [-0.05, 0) is 49.5 Å². The molecule has 9 nitrogen and oxygen atoms in total. The molecule has 1 fully saturated rings. The number of nitriles is 1. The number of amides is 1. The number of nitrogens with zero attached hydrogens (tertiary/aromatic N) is 5. The third-order valence-corrected chi connectivity index (χ3v) is 6.30. The van der Waals surface area contributed by atoms with E-state index in [1.165, 1.54) is 17.3 Å². The Kier molecular flexibility index (Phi) is 7.66. The number of carbonyl (C=O) groups excluding carboxylic acids is 1. The van der Waals surface area contributed by atoms with Crippen LogP contribution in [-0.4, -0.2) is 57.1 Å². The van der Waals surface area contributed by atoms with Gasteiger partial charge in [-0.1, -0.05) is 0 Å². The number of hydrogen-bond acceptors (Lipinski definition) is 9. The summed E-state index contributed by atoms with van der Waals surface area (Å²) in [4.78, 5) is 22.7. The molecule has 4 heterocycles. The van der Waals surface area contributed by atoms with E-state index < -0.39 is 12.7 Å². The zero-order valence-corrected chi connectivity index (χ0v) is 20.0. The molecular formula is C23H22F3N7O2S. The molecule has 0 atom stereocenters. The van der Waals surface area contributed by atoms with E-state index in [1.807, 2.05) is 6.07 Å². The molecule has 0 radical (unpaired) electrons. The number of pyridine rings is 2. The van der Waals surface area contributed by atoms with Crippen LogP contribution in [0.3, 0.4) is 0 Å². The standard InChI is InChI=1S/C23H22F3N7O2S/c1-14-20(22(36-32-14)31-18-4-2-15(10-27)11-28-18)21(34)30-16-3-5-19(29-12-16)35-17-6-8-33(9-7-17)13-23(24,25)26/h2-5,11-12,17H,6-9,13H2,1H3,(H,28,31)(H,30,34). The van der Waals surface area contributed by atoms with E-state index in [0.717, 1.165) is 11.5 Å². The molecule has 1 aliphatic rings. The summed E-state index contributed by atoms with van der Waals surface area (Å²) in [5.41, 5.74) is 1.77. The molecule has 188 valence electrons. The molecule has 0 saturated carbocycles. The maximum absolute atomic E-state index is 12.9. The van der Waals surface area contributed by atoms with Gasteiger partial charge in [0, 0.05) is 25.4 Å². The minimum atomic E-state index is -4.20. The third-order valence-electron chi connectivity index (χ3n) is 5.44. The van der Waals surface area contributed by atoms with Crippen molar-refractivity contribution in [2.24, 2.45) is 0 Å². The highest BCUT2D eigenvalue weighted by Crippen LogP contribution is 2.29. The Balaban J connectivity index is 1.33. The zero-order valence-electron chi connectivity index (χ0n) is 19.2. The predicted molar refractivity (Wildman–Crippen MR) is 127 cm³/mol. The lowest BCUT2D eigenvalue weighted by Gasteiger charge is -2.32. The van der Waals surface area contributed by atoms with Crippen LogP contribution in [0.2, 0.25) is 0 Å². The molecule has 1 amide bonds. The van der Waals surface area contributed by atoms with Gasteiger partial charge in [0.25, 0.3) is 5.91 Å². The normalized spacial score (nSPS) is 14.8. The lowest BCUT2D eigenvalue weighted by Crippen LogP contribution is -2.42. The Morgan fingerprint density at radius 1 is 1.22 bits per heavy atom. The van der Waals surface area contributed by atoms with Gasteiger partial charge in [0.1, 0.15) is 23.0 Å². The van der Waals surface area contributed by atoms with Crippen molar-refractivity contribution < 1.29 is 22.7 Å². The second-order valence-electron chi connectivity index (χ2n) is 8.19. The van der Waals surface area contributed by atoms with Crippen molar-refractivity contribution in [1.82, 2.24) is 19.2 Å². The van der Waals surface area contributed by atoms with Crippen LogP contribution in [-0.2, 0) is 0 Å². The van der Waals surface area contributed by atoms with E-state index in [4.69, 9.17) is 10.00 Å². The Bertz CT molecular complexity index is 1230. The molecule has 1 aliphatic heterocycles. The minimum absolute atomic E-state index is 0.216. The first-order chi connectivity index (χ1) is 17.2. The predicted octanol–water partition coefficient (Wildman–Crippen LogP) is 4.51. The van der Waals surface area contributed by atoms with Crippen LogP contribution in [0.4, 0.5) is 29.7 Å². The fourth-order valence-corrected chi connectivity index (χ4v) is 4.50. The Morgan fingerprint density at radius 2 is 2.00 bits per heavy atom. The highest BCUT2D eigenvalue weighted by molar-refractivity contribution is 7.10. The first-order valence-electron chi connectivity index (χ1n) is 11.0. The highest BCUT2D eigenvalue weighted by atomic mass is 32.1. The van der Waals surface area contributed by atoms with Crippen molar-refractivity contribution in [1.29, 1.82) is 5.26 Å². The second-order valence-corrected chi connectivity index (χ2v) is 8.96. The number of likely N-dealkylation sites (tertiary alicyclic amines) is 1. The highest BCUT2D eigenvalue weighted by Gasteiger charge is 2.33. The van der Waals surface area contributed by atoms with Gasteiger partial charge in [-0.3, -0.25) is 9.69 Å². The van der Waals surface area contributed by atoms with Crippen molar-refractivity contribution in [3.63, 3.8) is 0 Å². The molecule has 0 spiro atoms. The first-order valence-corrected chi connectivity index (χ1v) is 11.8. The van der Waals surface area contributed by atoms with Crippen molar-refractivity contribution in [2.45, 2.75) is 32.0 Å². The molecule has 4 rings (SSSR count). The Hall–Kier alpha value is -3.76. The maximum atomic E-state index is 12.9. The summed E-state index contributed by atoms with van der Waals surface area (Å²) >= 11 is 1.12. The molecule has 0 aliphatic carbocycles. The van der Waals surface area contributed by atoms with Gasteiger partial charge in [0.15, 0.2) is 0 Å². The number of halogens is 3. The lowest BCUT2D eigenvalue weighted by molar-refractivity contribution is -0.149. The molecule has 0 unspecified atom stereocenters. The van der Waals surface area contributed by atoms with Gasteiger partial charge in [0.05, 0.1) is 35.2 Å². The fraction of sp³-hybridized carbons (Fsp3) is 0.348. The first kappa shape index (κ1) is 25.3. The lowest BCUT2D eigenvalue weighted by atomic mass is 10.1. The van der Waals surface area contributed by atoms with Crippen LogP contribution < -0.4 is 15.4 Å². The number of aromatic nitrogens is 3. The Labute approximate surface area is 209 Å². The van der Waals surface area contributed by atoms with Crippen molar-refractivity contribution in [2.75, 3.05) is 30.3 Å². The van der Waals surface area contributed by atoms with E-state index in [-0.39, 0.29) is 12.0 Å².